The SMILES string of the molecule is C=N/C(=C\C(=N/Cn1c2ccc(-c3ccccn3)cc2c2cc(-c3ccc(-c4ccccn4)c4cccc(N)c34)c(N(C)/C(=C\C(=N)C3=CCCC=C3)c3ccccc3)cc21)c1ccccc1)c1ccccc1. The Balaban J connectivity index is 1.21. The Bertz CT molecular complexity index is 3850. The maximum absolute atomic E-state index is 9.51. The number of fused-ring (bicyclic) bond motifs is 4. The van der Waals surface area contributed by atoms with E-state index in [9.17, 15) is 5.41 Å². The van der Waals surface area contributed by atoms with Crippen LogP contribution in [-0.2, 0) is 6.67 Å². The molecule has 0 aliphatic heterocycles. The summed E-state index contributed by atoms with van der Waals surface area (Å²) in [6.07, 6.45) is 15.9. The molecule has 0 fully saturated rings. The molecule has 0 radical (unpaired) electrons. The van der Waals surface area contributed by atoms with Gasteiger partial charge in [0.15, 0.2) is 0 Å². The van der Waals surface area contributed by atoms with Gasteiger partial charge in [-0.3, -0.25) is 20.0 Å². The van der Waals surface area contributed by atoms with Gasteiger partial charge >= 0.3 is 0 Å². The second-order valence-corrected chi connectivity index (χ2v) is 18.0. The van der Waals surface area contributed by atoms with E-state index in [-0.39, 0.29) is 6.67 Å². The summed E-state index contributed by atoms with van der Waals surface area (Å²) in [6.45, 7) is 4.25. The number of rotatable bonds is 14. The summed E-state index contributed by atoms with van der Waals surface area (Å²) in [5.74, 6) is 0. The van der Waals surface area contributed by atoms with Crippen molar-refractivity contribution in [2.75, 3.05) is 17.7 Å². The molecule has 0 saturated heterocycles. The van der Waals surface area contributed by atoms with Gasteiger partial charge in [0.1, 0.15) is 6.67 Å². The molecule has 11 rings (SSSR count). The van der Waals surface area contributed by atoms with Gasteiger partial charge in [0.25, 0.3) is 0 Å². The third-order valence-corrected chi connectivity index (χ3v) is 13.6. The number of nitrogens with one attached hydrogen (secondary N) is 1. The molecule has 8 nitrogen and oxygen atoms in total. The second-order valence-electron chi connectivity index (χ2n) is 18.0. The fourth-order valence-electron chi connectivity index (χ4n) is 9.96. The molecule has 352 valence electrons. The van der Waals surface area contributed by atoms with Crippen LogP contribution in [0.25, 0.3) is 77.6 Å². The van der Waals surface area contributed by atoms with Crippen LogP contribution in [0.15, 0.2) is 246 Å². The van der Waals surface area contributed by atoms with Crippen molar-refractivity contribution in [1.82, 2.24) is 14.5 Å². The Hall–Kier alpha value is -9.53. The molecule has 8 heteroatoms. The first-order chi connectivity index (χ1) is 35.9. The average Bonchev–Trinajstić information content (AvgIpc) is 3.76. The maximum Gasteiger partial charge on any atom is 0.115 e. The van der Waals surface area contributed by atoms with Crippen LogP contribution in [0.2, 0.25) is 0 Å². The van der Waals surface area contributed by atoms with E-state index in [1.165, 1.54) is 0 Å². The molecule has 10 aromatic rings. The monoisotopic (exact) mass is 944 g/mol. The van der Waals surface area contributed by atoms with Crippen molar-refractivity contribution in [2.45, 2.75) is 19.5 Å². The smallest absolute Gasteiger partial charge is 0.115 e. The number of hydrogen-bond acceptors (Lipinski definition) is 7. The number of aliphatic imine (C=N–C) groups is 2. The van der Waals surface area contributed by atoms with E-state index in [2.05, 4.69) is 119 Å². The largest absolute Gasteiger partial charge is 0.398 e. The van der Waals surface area contributed by atoms with Gasteiger partial charge in [0.2, 0.25) is 0 Å². The maximum atomic E-state index is 9.51. The van der Waals surface area contributed by atoms with Crippen LogP contribution in [0.3, 0.4) is 0 Å². The minimum Gasteiger partial charge on any atom is -0.398 e. The van der Waals surface area contributed by atoms with Gasteiger partial charge in [0.05, 0.1) is 50.9 Å². The van der Waals surface area contributed by atoms with E-state index in [0.717, 1.165) is 124 Å². The number of anilines is 2. The molecule has 3 aromatic heterocycles. The summed E-state index contributed by atoms with van der Waals surface area (Å²) in [5, 5.41) is 13.5. The van der Waals surface area contributed by atoms with Crippen LogP contribution < -0.4 is 10.6 Å². The van der Waals surface area contributed by atoms with E-state index in [1.807, 2.05) is 140 Å². The predicted octanol–water partition coefficient (Wildman–Crippen LogP) is 15.3. The highest BCUT2D eigenvalue weighted by Gasteiger charge is 2.24. The zero-order chi connectivity index (χ0) is 49.7. The molecule has 0 saturated carbocycles. The summed E-state index contributed by atoms with van der Waals surface area (Å²) in [4.78, 5) is 21.7. The van der Waals surface area contributed by atoms with Gasteiger partial charge in [-0.2, -0.15) is 0 Å². The second kappa shape index (κ2) is 20.4. The normalized spacial score (nSPS) is 13.1. The molecule has 3 heterocycles. The first-order valence-corrected chi connectivity index (χ1v) is 24.5. The number of nitrogen functional groups attached to an aromatic ring is 1. The van der Waals surface area contributed by atoms with Crippen molar-refractivity contribution in [3.05, 3.63) is 253 Å². The number of aromatic nitrogens is 3. The van der Waals surface area contributed by atoms with Crippen LogP contribution in [-0.4, -0.2) is 39.7 Å². The Kier molecular flexibility index (Phi) is 12.8. The highest BCUT2D eigenvalue weighted by atomic mass is 15.1. The summed E-state index contributed by atoms with van der Waals surface area (Å²) in [6, 6.07) is 64.3. The Labute approximate surface area is 425 Å². The van der Waals surface area contributed by atoms with Gasteiger partial charge in [-0.1, -0.05) is 152 Å². The van der Waals surface area contributed by atoms with Gasteiger partial charge in [-0.15, -0.1) is 0 Å². The topological polar surface area (TPSA) is 109 Å². The molecule has 0 unspecified atom stereocenters. The summed E-state index contributed by atoms with van der Waals surface area (Å²) in [5.41, 5.74) is 23.0. The van der Waals surface area contributed by atoms with Crippen LogP contribution in [0.1, 0.15) is 29.5 Å². The van der Waals surface area contributed by atoms with E-state index >= 15 is 0 Å². The summed E-state index contributed by atoms with van der Waals surface area (Å²) >= 11 is 0. The Morgan fingerprint density at radius 2 is 1.32 bits per heavy atom. The van der Waals surface area contributed by atoms with Crippen molar-refractivity contribution < 1.29 is 0 Å². The lowest BCUT2D eigenvalue weighted by molar-refractivity contribution is 0.793. The lowest BCUT2D eigenvalue weighted by atomic mass is 9.90. The molecule has 7 aromatic carbocycles. The summed E-state index contributed by atoms with van der Waals surface area (Å²) < 4.78 is 2.30. The number of hydrogen-bond donors (Lipinski definition) is 2. The fraction of sp³-hybridized carbons (Fsp3) is 0.0615. The fourth-order valence-corrected chi connectivity index (χ4v) is 9.96. The lowest BCUT2D eigenvalue weighted by Gasteiger charge is -2.27. The molecular formula is C65H52N8. The number of pyridine rings is 2. The number of nitrogens with zero attached hydrogens (tertiary/aromatic N) is 6. The highest BCUT2D eigenvalue weighted by Crippen LogP contribution is 2.46. The molecule has 1 aliphatic rings. The minimum absolute atomic E-state index is 0.284. The van der Waals surface area contributed by atoms with Gasteiger partial charge < -0.3 is 20.6 Å². The highest BCUT2D eigenvalue weighted by molar-refractivity contribution is 6.18. The predicted molar refractivity (Wildman–Crippen MR) is 307 cm³/mol. The van der Waals surface area contributed by atoms with Crippen LogP contribution in [0.4, 0.5) is 11.4 Å². The third-order valence-electron chi connectivity index (χ3n) is 13.6. The summed E-state index contributed by atoms with van der Waals surface area (Å²) in [7, 11) is 2.10. The number of benzene rings is 7. The van der Waals surface area contributed by atoms with Crippen LogP contribution in [0, 0.1) is 5.41 Å². The van der Waals surface area contributed by atoms with E-state index in [1.54, 1.807) is 0 Å². The first kappa shape index (κ1) is 45.9. The lowest BCUT2D eigenvalue weighted by Crippen LogP contribution is -2.18. The standard InChI is InChI=1S/C65H52N8/c1-68-59(45-22-9-4-10-23-45)41-60(46-24-11-5-12-25-46)71-43-73-61-35-32-48(57-30-15-17-36-69-57)38-52(61)54-39-53(51-34-33-49(58-31-16-18-37-70-58)50-28-19-29-55(66)65(50)51)63(42-64(54)73)72(2)62(47-26-13-6-14-27-47)40-56(67)44-20-7-3-8-21-44/h4-7,9-42,67H,1,3,8,43,66H2,2H3/b59-41-,62-40-,67-56?,71-60+. The van der Waals surface area contributed by atoms with E-state index in [4.69, 9.17) is 20.7 Å². The quantitative estimate of drug-likeness (QED) is 0.0836. The van der Waals surface area contributed by atoms with Gasteiger partial charge in [-0.05, 0) is 114 Å². The molecule has 1 aliphatic carbocycles. The molecule has 3 N–H and O–H groups in total. The molecule has 0 amide bonds. The minimum atomic E-state index is 0.284. The van der Waals surface area contributed by atoms with Crippen LogP contribution in [0.5, 0.6) is 0 Å². The number of nitrogens with two attached hydrogens (primary N) is 1. The van der Waals surface area contributed by atoms with Crippen molar-refractivity contribution in [2.24, 2.45) is 9.98 Å². The van der Waals surface area contributed by atoms with Crippen molar-refractivity contribution in [3.63, 3.8) is 0 Å². The van der Waals surface area contributed by atoms with E-state index in [0.29, 0.717) is 11.4 Å². The number of allylic oxidation sites excluding steroid dienone is 6. The zero-order valence-corrected chi connectivity index (χ0v) is 40.5. The Morgan fingerprint density at radius 3 is 2.00 bits per heavy atom. The molecular weight excluding hydrogens is 893 g/mol. The molecule has 0 spiro atoms. The van der Waals surface area contributed by atoms with Crippen LogP contribution >= 0.6 is 0 Å². The van der Waals surface area contributed by atoms with Crippen molar-refractivity contribution in [1.29, 1.82) is 5.41 Å². The Morgan fingerprint density at radius 1 is 0.644 bits per heavy atom. The van der Waals surface area contributed by atoms with Crippen molar-refractivity contribution >= 4 is 73.5 Å². The van der Waals surface area contributed by atoms with Gasteiger partial charge in [-0.25, -0.2) is 0 Å². The third kappa shape index (κ3) is 9.21. The van der Waals surface area contributed by atoms with Gasteiger partial charge in [0, 0.05) is 63.5 Å². The first-order valence-electron chi connectivity index (χ1n) is 24.5. The molecule has 0 bridgehead atoms. The molecule has 0 atom stereocenters. The molecule has 73 heavy (non-hydrogen) atoms. The van der Waals surface area contributed by atoms with Crippen molar-refractivity contribution in [3.8, 4) is 33.6 Å². The zero-order valence-electron chi connectivity index (χ0n) is 40.5. The average molecular weight is 945 g/mol. The van der Waals surface area contributed by atoms with E-state index < -0.39 is 0 Å².